The van der Waals surface area contributed by atoms with Gasteiger partial charge in [0.05, 0.1) is 13.2 Å². The molecule has 0 bridgehead atoms. The molecule has 1 saturated heterocycles. The molecule has 94 valence electrons. The third kappa shape index (κ3) is 3.72. The molecular weight excluding hydrogens is 200 g/mol. The predicted octanol–water partition coefficient (Wildman–Crippen LogP) is 1.63. The summed E-state index contributed by atoms with van der Waals surface area (Å²) >= 11 is 0. The van der Waals surface area contributed by atoms with Crippen molar-refractivity contribution in [1.82, 2.24) is 10.2 Å². The number of nitrogens with one attached hydrogen (secondary N) is 1. The molecule has 0 aromatic heterocycles. The average molecular weight is 226 g/mol. The number of rotatable bonds is 4. The predicted molar refractivity (Wildman–Crippen MR) is 66.7 cm³/mol. The van der Waals surface area contributed by atoms with Crippen LogP contribution in [0.25, 0.3) is 0 Å². The van der Waals surface area contributed by atoms with Gasteiger partial charge in [-0.15, -0.1) is 0 Å². The molecule has 2 aliphatic rings. The van der Waals surface area contributed by atoms with Crippen LogP contribution in [0.5, 0.6) is 0 Å². The van der Waals surface area contributed by atoms with Gasteiger partial charge >= 0.3 is 0 Å². The Balaban J connectivity index is 1.63. The van der Waals surface area contributed by atoms with Gasteiger partial charge in [-0.05, 0) is 19.8 Å². The topological polar surface area (TPSA) is 24.5 Å². The summed E-state index contributed by atoms with van der Waals surface area (Å²) in [5, 5.41) is 3.74. The third-order valence-electron chi connectivity index (χ3n) is 3.98. The summed E-state index contributed by atoms with van der Waals surface area (Å²) in [6.07, 6.45) is 7.05. The maximum Gasteiger partial charge on any atom is 0.0594 e. The molecule has 3 nitrogen and oxygen atoms in total. The zero-order valence-corrected chi connectivity index (χ0v) is 10.6. The molecule has 1 unspecified atom stereocenters. The van der Waals surface area contributed by atoms with E-state index < -0.39 is 0 Å². The molecule has 0 radical (unpaired) electrons. The zero-order valence-electron chi connectivity index (χ0n) is 10.6. The first kappa shape index (κ1) is 12.3. The van der Waals surface area contributed by atoms with Crippen molar-refractivity contribution in [1.29, 1.82) is 0 Å². The van der Waals surface area contributed by atoms with Crippen molar-refractivity contribution in [3.05, 3.63) is 0 Å². The van der Waals surface area contributed by atoms with Crippen molar-refractivity contribution in [2.24, 2.45) is 0 Å². The zero-order chi connectivity index (χ0) is 11.2. The smallest absolute Gasteiger partial charge is 0.0594 e. The molecule has 2 fully saturated rings. The van der Waals surface area contributed by atoms with Crippen LogP contribution in [0.15, 0.2) is 0 Å². The van der Waals surface area contributed by atoms with E-state index >= 15 is 0 Å². The van der Waals surface area contributed by atoms with Gasteiger partial charge in [0, 0.05) is 31.7 Å². The molecular formula is C13H26N2O. The minimum absolute atomic E-state index is 0.658. The summed E-state index contributed by atoms with van der Waals surface area (Å²) in [4.78, 5) is 2.54. The quantitative estimate of drug-likeness (QED) is 0.788. The number of hydrogen-bond acceptors (Lipinski definition) is 3. The summed E-state index contributed by atoms with van der Waals surface area (Å²) in [6, 6.07) is 1.45. The van der Waals surface area contributed by atoms with Crippen molar-refractivity contribution < 1.29 is 4.74 Å². The average Bonchev–Trinajstić information content (AvgIpc) is 2.38. The van der Waals surface area contributed by atoms with Crippen LogP contribution in [0.1, 0.15) is 39.0 Å². The normalized spacial score (nSPS) is 26.8. The van der Waals surface area contributed by atoms with E-state index in [1.165, 1.54) is 32.1 Å². The molecule has 1 atom stereocenters. The lowest BCUT2D eigenvalue weighted by Gasteiger charge is -2.34. The fourth-order valence-corrected chi connectivity index (χ4v) is 2.79. The maximum absolute atomic E-state index is 5.38. The van der Waals surface area contributed by atoms with Crippen molar-refractivity contribution >= 4 is 0 Å². The van der Waals surface area contributed by atoms with Crippen LogP contribution in [-0.2, 0) is 4.74 Å². The lowest BCUT2D eigenvalue weighted by atomic mass is 9.95. The van der Waals surface area contributed by atoms with Crippen molar-refractivity contribution in [2.75, 3.05) is 32.8 Å². The second kappa shape index (κ2) is 6.58. The fourth-order valence-electron chi connectivity index (χ4n) is 2.79. The van der Waals surface area contributed by atoms with E-state index in [1.807, 2.05) is 0 Å². The number of hydrogen-bond donors (Lipinski definition) is 1. The van der Waals surface area contributed by atoms with Gasteiger partial charge in [0.15, 0.2) is 0 Å². The van der Waals surface area contributed by atoms with Crippen LogP contribution < -0.4 is 5.32 Å². The van der Waals surface area contributed by atoms with E-state index in [9.17, 15) is 0 Å². The molecule has 1 aliphatic carbocycles. The van der Waals surface area contributed by atoms with Crippen LogP contribution in [0, 0.1) is 0 Å². The van der Waals surface area contributed by atoms with E-state index in [-0.39, 0.29) is 0 Å². The molecule has 16 heavy (non-hydrogen) atoms. The summed E-state index contributed by atoms with van der Waals surface area (Å²) < 4.78 is 5.38. The first-order chi connectivity index (χ1) is 7.86. The van der Waals surface area contributed by atoms with Gasteiger partial charge in [-0.1, -0.05) is 19.3 Å². The molecule has 3 heteroatoms. The van der Waals surface area contributed by atoms with Crippen LogP contribution in [0.4, 0.5) is 0 Å². The van der Waals surface area contributed by atoms with Crippen molar-refractivity contribution in [2.45, 2.75) is 51.1 Å². The Kier molecular flexibility index (Phi) is 5.07. The lowest BCUT2D eigenvalue weighted by Crippen LogP contribution is -2.48. The van der Waals surface area contributed by atoms with E-state index in [4.69, 9.17) is 4.74 Å². The van der Waals surface area contributed by atoms with E-state index in [0.29, 0.717) is 6.04 Å². The minimum Gasteiger partial charge on any atom is -0.379 e. The molecule has 1 saturated carbocycles. The summed E-state index contributed by atoms with van der Waals surface area (Å²) in [5.41, 5.74) is 0. The number of morpholine rings is 1. The van der Waals surface area contributed by atoms with Crippen molar-refractivity contribution in [3.63, 3.8) is 0 Å². The Hall–Kier alpha value is -0.120. The second-order valence-corrected chi connectivity index (χ2v) is 5.24. The van der Waals surface area contributed by atoms with Crippen molar-refractivity contribution in [3.8, 4) is 0 Å². The first-order valence-electron chi connectivity index (χ1n) is 6.91. The second-order valence-electron chi connectivity index (χ2n) is 5.24. The fraction of sp³-hybridized carbons (Fsp3) is 1.00. The summed E-state index contributed by atoms with van der Waals surface area (Å²) in [7, 11) is 0. The van der Waals surface area contributed by atoms with E-state index in [0.717, 1.165) is 38.9 Å². The SMILES string of the molecule is CC(CNC1CCCCC1)N1CCOCC1. The molecule has 2 rings (SSSR count). The third-order valence-corrected chi connectivity index (χ3v) is 3.98. The molecule has 1 N–H and O–H groups in total. The molecule has 0 amide bonds. The minimum atomic E-state index is 0.658. The monoisotopic (exact) mass is 226 g/mol. The van der Waals surface area contributed by atoms with E-state index in [2.05, 4.69) is 17.1 Å². The van der Waals surface area contributed by atoms with Crippen LogP contribution in [0.3, 0.4) is 0 Å². The van der Waals surface area contributed by atoms with Gasteiger partial charge in [0.1, 0.15) is 0 Å². The Morgan fingerprint density at radius 2 is 1.88 bits per heavy atom. The van der Waals surface area contributed by atoms with Gasteiger partial charge in [0.25, 0.3) is 0 Å². The number of nitrogens with zero attached hydrogens (tertiary/aromatic N) is 1. The highest BCUT2D eigenvalue weighted by Crippen LogP contribution is 2.17. The molecule has 0 aromatic carbocycles. The largest absolute Gasteiger partial charge is 0.379 e. The first-order valence-corrected chi connectivity index (χ1v) is 6.91. The van der Waals surface area contributed by atoms with E-state index in [1.54, 1.807) is 0 Å². The Morgan fingerprint density at radius 3 is 2.56 bits per heavy atom. The lowest BCUT2D eigenvalue weighted by molar-refractivity contribution is 0.0197. The Labute approximate surface area is 99.5 Å². The van der Waals surface area contributed by atoms with Gasteiger partial charge < -0.3 is 10.1 Å². The van der Waals surface area contributed by atoms with Crippen LogP contribution in [-0.4, -0.2) is 49.8 Å². The number of ether oxygens (including phenoxy) is 1. The highest BCUT2D eigenvalue weighted by Gasteiger charge is 2.18. The molecule has 1 aliphatic heterocycles. The van der Waals surface area contributed by atoms with Gasteiger partial charge in [0.2, 0.25) is 0 Å². The maximum atomic E-state index is 5.38. The Morgan fingerprint density at radius 1 is 1.19 bits per heavy atom. The van der Waals surface area contributed by atoms with Gasteiger partial charge in [-0.3, -0.25) is 4.90 Å². The molecule has 1 heterocycles. The highest BCUT2D eigenvalue weighted by atomic mass is 16.5. The summed E-state index contributed by atoms with van der Waals surface area (Å²) in [5.74, 6) is 0. The van der Waals surface area contributed by atoms with Gasteiger partial charge in [-0.2, -0.15) is 0 Å². The Bertz CT molecular complexity index is 186. The standard InChI is InChI=1S/C13H26N2O/c1-12(15-7-9-16-10-8-15)11-14-13-5-3-2-4-6-13/h12-14H,2-11H2,1H3. The molecule has 0 aromatic rings. The van der Waals surface area contributed by atoms with Gasteiger partial charge in [-0.25, -0.2) is 0 Å². The summed E-state index contributed by atoms with van der Waals surface area (Å²) in [6.45, 7) is 7.51. The van der Waals surface area contributed by atoms with Crippen LogP contribution >= 0.6 is 0 Å². The molecule has 0 spiro atoms. The van der Waals surface area contributed by atoms with Crippen LogP contribution in [0.2, 0.25) is 0 Å². The highest BCUT2D eigenvalue weighted by molar-refractivity contribution is 4.77.